The Morgan fingerprint density at radius 1 is 1.22 bits per heavy atom. The van der Waals surface area contributed by atoms with Crippen LogP contribution in [0.5, 0.6) is 0 Å². The molecule has 1 aromatic rings. The van der Waals surface area contributed by atoms with Gasteiger partial charge in [-0.05, 0) is 30.7 Å². The van der Waals surface area contributed by atoms with E-state index in [9.17, 15) is 9.59 Å². The summed E-state index contributed by atoms with van der Waals surface area (Å²) >= 11 is 0. The molecule has 124 valence electrons. The molecule has 1 rings (SSSR count). The summed E-state index contributed by atoms with van der Waals surface area (Å²) in [5, 5.41) is 13.8. The Morgan fingerprint density at radius 2 is 1.91 bits per heavy atom. The molecule has 23 heavy (non-hydrogen) atoms. The zero-order chi connectivity index (χ0) is 17.1. The average molecular weight is 315 g/mol. The number of carbonyl (C=O) groups is 2. The Kier molecular flexibility index (Phi) is 8.45. The van der Waals surface area contributed by atoms with Gasteiger partial charge in [0.15, 0.2) is 0 Å². The molecule has 0 fully saturated rings. The third-order valence-electron chi connectivity index (χ3n) is 3.41. The highest BCUT2D eigenvalue weighted by Gasteiger charge is 2.21. The SMILES string of the molecule is CC(C)C[C@H](NC(=O)CCCc1ccccc1)C(=O)NCC#N. The van der Waals surface area contributed by atoms with E-state index < -0.39 is 6.04 Å². The van der Waals surface area contributed by atoms with E-state index in [0.29, 0.717) is 12.8 Å². The van der Waals surface area contributed by atoms with Crippen molar-refractivity contribution in [2.45, 2.75) is 45.6 Å². The van der Waals surface area contributed by atoms with Crippen molar-refractivity contribution in [2.75, 3.05) is 6.54 Å². The fourth-order valence-electron chi connectivity index (χ4n) is 2.32. The van der Waals surface area contributed by atoms with Gasteiger partial charge in [-0.2, -0.15) is 5.26 Å². The van der Waals surface area contributed by atoms with Crippen molar-refractivity contribution in [3.05, 3.63) is 35.9 Å². The van der Waals surface area contributed by atoms with Gasteiger partial charge in [0.2, 0.25) is 11.8 Å². The molecule has 0 saturated carbocycles. The summed E-state index contributed by atoms with van der Waals surface area (Å²) in [7, 11) is 0. The number of hydrogen-bond donors (Lipinski definition) is 2. The molecule has 0 saturated heterocycles. The summed E-state index contributed by atoms with van der Waals surface area (Å²) in [5.41, 5.74) is 1.20. The van der Waals surface area contributed by atoms with Crippen LogP contribution < -0.4 is 10.6 Å². The summed E-state index contributed by atoms with van der Waals surface area (Å²) in [4.78, 5) is 24.0. The van der Waals surface area contributed by atoms with E-state index >= 15 is 0 Å². The number of nitriles is 1. The standard InChI is InChI=1S/C18H25N3O2/c1-14(2)13-16(18(23)20-12-11-19)21-17(22)10-6-9-15-7-4-3-5-8-15/h3-5,7-8,14,16H,6,9-10,12-13H2,1-2H3,(H,20,23)(H,21,22)/t16-/m0/s1. The lowest BCUT2D eigenvalue weighted by molar-refractivity contribution is -0.129. The second kappa shape index (κ2) is 10.4. The minimum atomic E-state index is -0.576. The van der Waals surface area contributed by atoms with Crippen molar-refractivity contribution in [1.82, 2.24) is 10.6 Å². The number of rotatable bonds is 9. The minimum absolute atomic E-state index is 0.0443. The van der Waals surface area contributed by atoms with Crippen LogP contribution in [0.2, 0.25) is 0 Å². The van der Waals surface area contributed by atoms with Gasteiger partial charge >= 0.3 is 0 Å². The van der Waals surface area contributed by atoms with Crippen LogP contribution in [-0.2, 0) is 16.0 Å². The van der Waals surface area contributed by atoms with Crippen molar-refractivity contribution in [3.8, 4) is 6.07 Å². The number of carbonyl (C=O) groups excluding carboxylic acids is 2. The third kappa shape index (κ3) is 8.01. The highest BCUT2D eigenvalue weighted by Crippen LogP contribution is 2.07. The van der Waals surface area contributed by atoms with Crippen LogP contribution in [0.25, 0.3) is 0 Å². The molecule has 0 spiro atoms. The summed E-state index contributed by atoms with van der Waals surface area (Å²) in [6.45, 7) is 3.94. The van der Waals surface area contributed by atoms with Gasteiger partial charge in [0.1, 0.15) is 12.6 Å². The second-order valence-electron chi connectivity index (χ2n) is 5.96. The molecule has 0 aliphatic carbocycles. The van der Waals surface area contributed by atoms with E-state index in [1.165, 1.54) is 5.56 Å². The van der Waals surface area contributed by atoms with Crippen LogP contribution in [0.15, 0.2) is 30.3 Å². The predicted molar refractivity (Wildman–Crippen MR) is 89.4 cm³/mol. The molecule has 5 nitrogen and oxygen atoms in total. The topological polar surface area (TPSA) is 82.0 Å². The van der Waals surface area contributed by atoms with Gasteiger partial charge in [-0.25, -0.2) is 0 Å². The lowest BCUT2D eigenvalue weighted by atomic mass is 10.0. The summed E-state index contributed by atoms with van der Waals surface area (Å²) in [6, 6.07) is 11.3. The van der Waals surface area contributed by atoms with E-state index in [4.69, 9.17) is 5.26 Å². The largest absolute Gasteiger partial charge is 0.344 e. The quantitative estimate of drug-likeness (QED) is 0.685. The van der Waals surface area contributed by atoms with Crippen molar-refractivity contribution in [1.29, 1.82) is 5.26 Å². The lowest BCUT2D eigenvalue weighted by Gasteiger charge is -2.19. The van der Waals surface area contributed by atoms with E-state index in [1.807, 2.05) is 50.2 Å². The third-order valence-corrected chi connectivity index (χ3v) is 3.41. The Hall–Kier alpha value is -2.35. The fourth-order valence-corrected chi connectivity index (χ4v) is 2.32. The maximum Gasteiger partial charge on any atom is 0.243 e. The molecule has 5 heteroatoms. The van der Waals surface area contributed by atoms with Crippen LogP contribution in [0.3, 0.4) is 0 Å². The van der Waals surface area contributed by atoms with Gasteiger partial charge < -0.3 is 10.6 Å². The fraction of sp³-hybridized carbons (Fsp3) is 0.500. The molecule has 1 aromatic carbocycles. The van der Waals surface area contributed by atoms with E-state index in [1.54, 1.807) is 0 Å². The minimum Gasteiger partial charge on any atom is -0.344 e. The normalized spacial score (nSPS) is 11.6. The monoisotopic (exact) mass is 315 g/mol. The molecular formula is C18H25N3O2. The summed E-state index contributed by atoms with van der Waals surface area (Å²) in [6.07, 6.45) is 2.52. The molecule has 0 unspecified atom stereocenters. The Bertz CT molecular complexity index is 535. The van der Waals surface area contributed by atoms with Crippen LogP contribution in [-0.4, -0.2) is 24.4 Å². The molecule has 0 heterocycles. The predicted octanol–water partition coefficient (Wildman–Crippen LogP) is 2.18. The molecule has 0 aliphatic heterocycles. The molecule has 2 amide bonds. The smallest absolute Gasteiger partial charge is 0.243 e. The van der Waals surface area contributed by atoms with Crippen LogP contribution in [0.1, 0.15) is 38.7 Å². The first-order valence-corrected chi connectivity index (χ1v) is 8.01. The van der Waals surface area contributed by atoms with Gasteiger partial charge in [-0.1, -0.05) is 44.2 Å². The van der Waals surface area contributed by atoms with E-state index in [2.05, 4.69) is 10.6 Å². The Balaban J connectivity index is 2.43. The van der Waals surface area contributed by atoms with Gasteiger partial charge in [0, 0.05) is 6.42 Å². The van der Waals surface area contributed by atoms with Crippen LogP contribution in [0, 0.1) is 17.2 Å². The van der Waals surface area contributed by atoms with Crippen molar-refractivity contribution in [2.24, 2.45) is 5.92 Å². The second-order valence-corrected chi connectivity index (χ2v) is 5.96. The number of nitrogens with one attached hydrogen (secondary N) is 2. The molecule has 2 N–H and O–H groups in total. The molecule has 0 aromatic heterocycles. The zero-order valence-electron chi connectivity index (χ0n) is 13.8. The maximum absolute atomic E-state index is 12.0. The highest BCUT2D eigenvalue weighted by atomic mass is 16.2. The van der Waals surface area contributed by atoms with Gasteiger partial charge in [-0.15, -0.1) is 0 Å². The lowest BCUT2D eigenvalue weighted by Crippen LogP contribution is -2.47. The van der Waals surface area contributed by atoms with Crippen LogP contribution in [0.4, 0.5) is 0 Å². The van der Waals surface area contributed by atoms with Crippen molar-refractivity contribution < 1.29 is 9.59 Å². The summed E-state index contributed by atoms with van der Waals surface area (Å²) < 4.78 is 0. The van der Waals surface area contributed by atoms with E-state index in [0.717, 1.165) is 12.8 Å². The first-order chi connectivity index (χ1) is 11.0. The van der Waals surface area contributed by atoms with Gasteiger partial charge in [0.05, 0.1) is 6.07 Å². The van der Waals surface area contributed by atoms with Gasteiger partial charge in [-0.3, -0.25) is 9.59 Å². The first kappa shape index (κ1) is 18.7. The molecular weight excluding hydrogens is 290 g/mol. The van der Waals surface area contributed by atoms with Crippen LogP contribution >= 0.6 is 0 Å². The number of amides is 2. The number of hydrogen-bond acceptors (Lipinski definition) is 3. The summed E-state index contributed by atoms with van der Waals surface area (Å²) in [5.74, 6) is -0.146. The average Bonchev–Trinajstić information content (AvgIpc) is 2.52. The molecule has 0 aliphatic rings. The van der Waals surface area contributed by atoms with Gasteiger partial charge in [0.25, 0.3) is 0 Å². The number of benzene rings is 1. The Morgan fingerprint density at radius 3 is 2.52 bits per heavy atom. The van der Waals surface area contributed by atoms with Crippen molar-refractivity contribution >= 4 is 11.8 Å². The highest BCUT2D eigenvalue weighted by molar-refractivity contribution is 5.87. The number of aryl methyl sites for hydroxylation is 1. The molecule has 0 bridgehead atoms. The molecule has 0 radical (unpaired) electrons. The maximum atomic E-state index is 12.0. The molecule has 1 atom stereocenters. The number of nitrogens with zero attached hydrogens (tertiary/aromatic N) is 1. The zero-order valence-corrected chi connectivity index (χ0v) is 13.8. The Labute approximate surface area is 138 Å². The first-order valence-electron chi connectivity index (χ1n) is 8.01. The van der Waals surface area contributed by atoms with E-state index in [-0.39, 0.29) is 24.3 Å². The van der Waals surface area contributed by atoms with Crippen molar-refractivity contribution in [3.63, 3.8) is 0 Å².